The van der Waals surface area contributed by atoms with Crippen molar-refractivity contribution in [3.63, 3.8) is 0 Å². The number of amides is 3. The molecule has 1 aliphatic rings. The second kappa shape index (κ2) is 12.1. The number of fused-ring (bicyclic) bond motifs is 1. The van der Waals surface area contributed by atoms with Crippen LogP contribution in [-0.2, 0) is 6.54 Å². The van der Waals surface area contributed by atoms with E-state index in [1.165, 1.54) is 12.1 Å². The Morgan fingerprint density at radius 1 is 1.10 bits per heavy atom. The molecule has 41 heavy (non-hydrogen) atoms. The normalized spacial score (nSPS) is 14.5. The number of rotatable bonds is 6. The molecule has 5 rings (SSSR count). The van der Waals surface area contributed by atoms with E-state index in [1.54, 1.807) is 52.2 Å². The highest BCUT2D eigenvalue weighted by Gasteiger charge is 2.34. The fraction of sp³-hybridized carbons (Fsp3) is 0.200. The van der Waals surface area contributed by atoms with E-state index in [9.17, 15) is 14.0 Å². The Balaban J connectivity index is 1.68. The summed E-state index contributed by atoms with van der Waals surface area (Å²) < 4.78 is 15.3. The number of carbonyl (C=O) groups is 2. The maximum absolute atomic E-state index is 13.7. The molecule has 0 aliphatic carbocycles. The highest BCUT2D eigenvalue weighted by atomic mass is 35.5. The standard InChI is InChI=1S/C30H27Cl2FN6O2/c1-3-34-30(41)38-16-20(14-19-7-10-22(33)11-8-19)28-23(17-38)27(29(40)36-18(2)25-6-4-5-13-35-25)37-39(28)26-12-9-21(31)15-24(26)32/h4-15,18H,3,16-17H2,1-2H3,(H,34,41)(H,36,40). The molecule has 0 saturated heterocycles. The number of halogens is 3. The number of hydrogen-bond acceptors (Lipinski definition) is 4. The summed E-state index contributed by atoms with van der Waals surface area (Å²) >= 11 is 12.8. The first-order valence-corrected chi connectivity index (χ1v) is 13.8. The smallest absolute Gasteiger partial charge is 0.317 e. The van der Waals surface area contributed by atoms with Crippen molar-refractivity contribution in [2.45, 2.75) is 26.4 Å². The molecule has 3 heterocycles. The molecule has 0 saturated carbocycles. The van der Waals surface area contributed by atoms with Gasteiger partial charge in [-0.1, -0.05) is 41.4 Å². The first-order chi connectivity index (χ1) is 19.7. The minimum atomic E-state index is -0.429. The molecule has 2 N–H and O–H groups in total. The second-order valence-electron chi connectivity index (χ2n) is 9.55. The maximum Gasteiger partial charge on any atom is 0.317 e. The minimum absolute atomic E-state index is 0.133. The lowest BCUT2D eigenvalue weighted by Crippen LogP contribution is -2.42. The summed E-state index contributed by atoms with van der Waals surface area (Å²) in [6, 6.07) is 15.8. The highest BCUT2D eigenvalue weighted by Crippen LogP contribution is 2.36. The minimum Gasteiger partial charge on any atom is -0.343 e. The van der Waals surface area contributed by atoms with Crippen LogP contribution in [0.1, 0.15) is 52.9 Å². The lowest BCUT2D eigenvalue weighted by atomic mass is 9.97. The Hall–Kier alpha value is -4.21. The van der Waals surface area contributed by atoms with Gasteiger partial charge in [0, 0.05) is 29.9 Å². The fourth-order valence-corrected chi connectivity index (χ4v) is 5.21. The van der Waals surface area contributed by atoms with E-state index in [0.717, 1.165) is 5.56 Å². The molecule has 0 spiro atoms. The number of hydrogen-bond donors (Lipinski definition) is 2. The molecule has 0 fully saturated rings. The molecule has 0 bridgehead atoms. The quantitative estimate of drug-likeness (QED) is 0.275. The molecule has 1 unspecified atom stereocenters. The zero-order chi connectivity index (χ0) is 29.1. The van der Waals surface area contributed by atoms with Gasteiger partial charge in [-0.25, -0.2) is 13.9 Å². The molecule has 0 radical (unpaired) electrons. The van der Waals surface area contributed by atoms with E-state index in [-0.39, 0.29) is 30.6 Å². The Morgan fingerprint density at radius 2 is 1.88 bits per heavy atom. The lowest BCUT2D eigenvalue weighted by Gasteiger charge is -2.30. The van der Waals surface area contributed by atoms with E-state index in [1.807, 2.05) is 32.1 Å². The Labute approximate surface area is 246 Å². The first-order valence-electron chi connectivity index (χ1n) is 13.0. The SMILES string of the molecule is CCNC(=O)N1CC(=Cc2ccc(F)cc2)c2c(c(C(=O)NC(C)c3ccccn3)nn2-c2ccc(Cl)cc2Cl)C1. The monoisotopic (exact) mass is 592 g/mol. The summed E-state index contributed by atoms with van der Waals surface area (Å²) in [5.74, 6) is -0.790. The average molecular weight is 593 g/mol. The van der Waals surface area contributed by atoms with Gasteiger partial charge in [0.2, 0.25) is 0 Å². The third kappa shape index (κ3) is 6.11. The first kappa shape index (κ1) is 28.3. The van der Waals surface area contributed by atoms with Gasteiger partial charge in [-0.15, -0.1) is 0 Å². The molecule has 210 valence electrons. The van der Waals surface area contributed by atoms with Crippen LogP contribution in [0.3, 0.4) is 0 Å². The van der Waals surface area contributed by atoms with E-state index in [0.29, 0.717) is 44.8 Å². The third-order valence-corrected chi connectivity index (χ3v) is 7.19. The van der Waals surface area contributed by atoms with Crippen LogP contribution in [0.15, 0.2) is 66.9 Å². The molecule has 1 aliphatic heterocycles. The van der Waals surface area contributed by atoms with Crippen LogP contribution in [0.4, 0.5) is 9.18 Å². The van der Waals surface area contributed by atoms with Crippen LogP contribution < -0.4 is 10.6 Å². The number of nitrogens with one attached hydrogen (secondary N) is 2. The predicted molar refractivity (Wildman–Crippen MR) is 157 cm³/mol. The van der Waals surface area contributed by atoms with E-state index in [4.69, 9.17) is 28.3 Å². The highest BCUT2D eigenvalue weighted by molar-refractivity contribution is 6.35. The molecular formula is C30H27Cl2FN6O2. The number of pyridine rings is 1. The molecule has 2 aromatic carbocycles. The fourth-order valence-electron chi connectivity index (χ4n) is 4.72. The van der Waals surface area contributed by atoms with Crippen molar-refractivity contribution in [1.82, 2.24) is 30.3 Å². The predicted octanol–water partition coefficient (Wildman–Crippen LogP) is 6.29. The van der Waals surface area contributed by atoms with Crippen molar-refractivity contribution in [2.75, 3.05) is 13.1 Å². The number of urea groups is 1. The van der Waals surface area contributed by atoms with Crippen LogP contribution in [0.2, 0.25) is 10.0 Å². The van der Waals surface area contributed by atoms with Crippen molar-refractivity contribution >= 4 is 46.8 Å². The molecule has 3 amide bonds. The van der Waals surface area contributed by atoms with E-state index in [2.05, 4.69) is 15.6 Å². The molecule has 8 nitrogen and oxygen atoms in total. The van der Waals surface area contributed by atoms with Crippen LogP contribution in [-0.4, -0.2) is 44.7 Å². The van der Waals surface area contributed by atoms with Gasteiger partial charge in [0.1, 0.15) is 5.82 Å². The van der Waals surface area contributed by atoms with Gasteiger partial charge in [-0.05, 0) is 73.5 Å². The van der Waals surface area contributed by atoms with Crippen molar-refractivity contribution in [3.05, 3.63) is 111 Å². The summed E-state index contributed by atoms with van der Waals surface area (Å²) in [7, 11) is 0. The Morgan fingerprint density at radius 3 is 2.56 bits per heavy atom. The van der Waals surface area contributed by atoms with Gasteiger partial charge < -0.3 is 15.5 Å². The van der Waals surface area contributed by atoms with Crippen LogP contribution in [0.25, 0.3) is 17.3 Å². The van der Waals surface area contributed by atoms with Gasteiger partial charge >= 0.3 is 6.03 Å². The van der Waals surface area contributed by atoms with Gasteiger partial charge in [-0.3, -0.25) is 9.78 Å². The van der Waals surface area contributed by atoms with Gasteiger partial charge in [0.05, 0.1) is 34.7 Å². The van der Waals surface area contributed by atoms with Gasteiger partial charge in [0.15, 0.2) is 5.69 Å². The van der Waals surface area contributed by atoms with Crippen LogP contribution in [0, 0.1) is 5.82 Å². The Bertz CT molecular complexity index is 1620. The molecule has 2 aromatic heterocycles. The van der Waals surface area contributed by atoms with Crippen molar-refractivity contribution in [1.29, 1.82) is 0 Å². The zero-order valence-electron chi connectivity index (χ0n) is 22.4. The summed E-state index contributed by atoms with van der Waals surface area (Å²) in [6.45, 7) is 4.46. The number of aromatic nitrogens is 3. The maximum atomic E-state index is 13.7. The largest absolute Gasteiger partial charge is 0.343 e. The number of benzene rings is 2. The summed E-state index contributed by atoms with van der Waals surface area (Å²) in [6.07, 6.45) is 3.51. The lowest BCUT2D eigenvalue weighted by molar-refractivity contribution is 0.0931. The second-order valence-corrected chi connectivity index (χ2v) is 10.4. The summed E-state index contributed by atoms with van der Waals surface area (Å²) in [5.41, 5.74) is 3.93. The van der Waals surface area contributed by atoms with E-state index < -0.39 is 11.9 Å². The van der Waals surface area contributed by atoms with Gasteiger partial charge in [-0.2, -0.15) is 5.10 Å². The Kier molecular flexibility index (Phi) is 8.37. The summed E-state index contributed by atoms with van der Waals surface area (Å²) in [5, 5.41) is 11.3. The molecular weight excluding hydrogens is 566 g/mol. The van der Waals surface area contributed by atoms with Crippen molar-refractivity contribution in [3.8, 4) is 5.69 Å². The van der Waals surface area contributed by atoms with Crippen LogP contribution >= 0.6 is 23.2 Å². The molecule has 1 atom stereocenters. The van der Waals surface area contributed by atoms with Crippen molar-refractivity contribution in [2.24, 2.45) is 0 Å². The third-order valence-electron chi connectivity index (χ3n) is 6.66. The van der Waals surface area contributed by atoms with Crippen LogP contribution in [0.5, 0.6) is 0 Å². The van der Waals surface area contributed by atoms with Gasteiger partial charge in [0.25, 0.3) is 5.91 Å². The zero-order valence-corrected chi connectivity index (χ0v) is 23.9. The molecule has 11 heteroatoms. The average Bonchev–Trinajstić information content (AvgIpc) is 3.34. The molecule has 4 aromatic rings. The number of nitrogens with zero attached hydrogens (tertiary/aromatic N) is 4. The topological polar surface area (TPSA) is 92.2 Å². The number of carbonyl (C=O) groups excluding carboxylic acids is 2. The summed E-state index contributed by atoms with van der Waals surface area (Å²) in [4.78, 5) is 32.7. The van der Waals surface area contributed by atoms with Crippen molar-refractivity contribution < 1.29 is 14.0 Å². The van der Waals surface area contributed by atoms with E-state index >= 15 is 0 Å².